The van der Waals surface area contributed by atoms with Gasteiger partial charge in [0.1, 0.15) is 13.1 Å². The van der Waals surface area contributed by atoms with Crippen molar-refractivity contribution < 1.29 is 19.4 Å². The number of rotatable bonds is 9. The number of carbonyl (C=O) groups is 2. The Kier molecular flexibility index (Phi) is 12.8. The number of carbonyl (C=O) groups excluding carboxylic acids is 1. The number of carboxylic acid groups (broad SMARTS) is 1. The van der Waals surface area contributed by atoms with Gasteiger partial charge >= 0.3 is 23.3 Å². The lowest BCUT2D eigenvalue weighted by molar-refractivity contribution is -0.144. The molecule has 0 fully saturated rings. The Bertz CT molecular complexity index is 2480. The summed E-state index contributed by atoms with van der Waals surface area (Å²) in [7, 11) is 5.73. The third-order valence-corrected chi connectivity index (χ3v) is 8.37. The molecule has 0 aliphatic heterocycles. The van der Waals surface area contributed by atoms with Gasteiger partial charge in [-0.1, -0.05) is 59.7 Å². The van der Waals surface area contributed by atoms with E-state index in [0.29, 0.717) is 6.42 Å². The first kappa shape index (κ1) is 39.4. The molecule has 0 aliphatic rings. The molecule has 0 unspecified atom stereocenters. The molecule has 6 rings (SSSR count). The van der Waals surface area contributed by atoms with Crippen molar-refractivity contribution in [3.8, 4) is 0 Å². The largest absolute Gasteiger partial charge is 0.480 e. The van der Waals surface area contributed by atoms with Crippen LogP contribution in [0, 0.1) is 13.8 Å². The number of nitrogens with zero attached hydrogens (tertiary/aromatic N) is 8. The van der Waals surface area contributed by atoms with E-state index >= 15 is 0 Å². The predicted molar refractivity (Wildman–Crippen MR) is 198 cm³/mol. The topological polar surface area (TPSA) is 213 Å². The van der Waals surface area contributed by atoms with E-state index in [2.05, 4.69) is 41.2 Å². The summed E-state index contributed by atoms with van der Waals surface area (Å²) in [5.74, 6) is -1.55. The monoisotopic (exact) mass is 729 g/mol. The summed E-state index contributed by atoms with van der Waals surface area (Å²) in [4.78, 5) is 78.4. The van der Waals surface area contributed by atoms with Crippen LogP contribution in [-0.2, 0) is 68.4 Å². The van der Waals surface area contributed by atoms with Crippen LogP contribution in [0.1, 0.15) is 22.3 Å². The Hall–Kier alpha value is -6.36. The van der Waals surface area contributed by atoms with Gasteiger partial charge in [-0.15, -0.1) is 0 Å². The summed E-state index contributed by atoms with van der Waals surface area (Å²) in [5, 5.41) is 8.70. The first-order valence-corrected chi connectivity index (χ1v) is 16.5. The molecule has 4 heterocycles. The smallest absolute Gasteiger partial charge is 0.332 e. The molecule has 0 amide bonds. The zero-order valence-corrected chi connectivity index (χ0v) is 30.5. The number of aliphatic carboxylic acids is 1. The van der Waals surface area contributed by atoms with Crippen molar-refractivity contribution in [1.82, 2.24) is 37.4 Å². The van der Waals surface area contributed by atoms with Crippen LogP contribution in [0.3, 0.4) is 0 Å². The van der Waals surface area contributed by atoms with E-state index in [-0.39, 0.29) is 42.0 Å². The first-order chi connectivity index (χ1) is 25.1. The Labute approximate surface area is 302 Å². The van der Waals surface area contributed by atoms with Gasteiger partial charge in [0, 0.05) is 34.6 Å². The molecular weight excluding hydrogens is 686 g/mol. The molecule has 0 saturated heterocycles. The molecular formula is C36H43N9O8. The van der Waals surface area contributed by atoms with Gasteiger partial charge in [0.15, 0.2) is 22.3 Å². The van der Waals surface area contributed by atoms with E-state index in [9.17, 15) is 28.8 Å². The van der Waals surface area contributed by atoms with E-state index in [1.54, 1.807) is 0 Å². The number of aromatic nitrogens is 8. The summed E-state index contributed by atoms with van der Waals surface area (Å²) < 4.78 is 12.3. The average Bonchev–Trinajstić information content (AvgIpc) is 3.75. The van der Waals surface area contributed by atoms with E-state index in [1.807, 2.05) is 31.2 Å². The molecule has 280 valence electrons. The predicted octanol–water partition coefficient (Wildman–Crippen LogP) is 0.543. The molecule has 0 saturated carbocycles. The molecule has 0 radical (unpaired) electrons. The number of esters is 1. The van der Waals surface area contributed by atoms with Crippen molar-refractivity contribution in [3.05, 3.63) is 125 Å². The molecule has 0 aliphatic carbocycles. The summed E-state index contributed by atoms with van der Waals surface area (Å²) in [6, 6.07) is 16.5. The number of benzene rings is 2. The SMILES string of the molecule is Cc1ccc(CCN)cc1.Cc1ccc(CCOC(=O)Cn2cnc3c2c(=O)n(C)c(=O)n3C)cc1.Cn1c(=O)c2c(ncn2CC(=O)O)n(C)c1=O. The number of nitrogens with two attached hydrogens (primary N) is 1. The highest BCUT2D eigenvalue weighted by Crippen LogP contribution is 2.08. The van der Waals surface area contributed by atoms with Crippen molar-refractivity contribution in [3.63, 3.8) is 0 Å². The maximum Gasteiger partial charge on any atom is 0.332 e. The van der Waals surface area contributed by atoms with E-state index in [1.165, 1.54) is 75.8 Å². The van der Waals surface area contributed by atoms with Crippen LogP contribution in [0.2, 0.25) is 0 Å². The molecule has 17 nitrogen and oxygen atoms in total. The minimum atomic E-state index is -1.08. The molecule has 6 aromatic rings. The molecule has 4 aromatic heterocycles. The number of hydrogen-bond donors (Lipinski definition) is 2. The highest BCUT2D eigenvalue weighted by Gasteiger charge is 2.17. The lowest BCUT2D eigenvalue weighted by atomic mass is 10.1. The summed E-state index contributed by atoms with van der Waals surface area (Å²) in [6.07, 6.45) is 4.21. The van der Waals surface area contributed by atoms with Gasteiger partial charge in [0.25, 0.3) is 11.1 Å². The van der Waals surface area contributed by atoms with Crippen LogP contribution in [0.25, 0.3) is 22.3 Å². The van der Waals surface area contributed by atoms with Crippen molar-refractivity contribution in [1.29, 1.82) is 0 Å². The molecule has 0 spiro atoms. The van der Waals surface area contributed by atoms with Gasteiger partial charge in [0.05, 0.1) is 19.3 Å². The van der Waals surface area contributed by atoms with Crippen LogP contribution < -0.4 is 28.2 Å². The second-order valence-corrected chi connectivity index (χ2v) is 12.4. The standard InChI is InChI=1S/C18H20N4O4.C9H10N4O4.C9H13N/c1-12-4-6-13(7-5-12)8-9-26-14(23)10-22-11-19-16-15(22)17(24)21(3)18(25)20(16)2;1-11-7-6(8(16)12(2)9(11)17)13(4-10-7)3-5(14)15;1-8-2-4-9(5-3-8)6-7-10/h4-7,11H,8-10H2,1-3H3;4H,3H2,1-2H3,(H,14,15);2-5H,6-7,10H2,1H3. The van der Waals surface area contributed by atoms with Gasteiger partial charge in [-0.3, -0.25) is 37.4 Å². The third kappa shape index (κ3) is 9.31. The molecule has 0 bridgehead atoms. The third-order valence-electron chi connectivity index (χ3n) is 8.37. The van der Waals surface area contributed by atoms with Crippen LogP contribution in [-0.4, -0.2) is 67.6 Å². The lowest BCUT2D eigenvalue weighted by Gasteiger charge is -2.08. The van der Waals surface area contributed by atoms with Gasteiger partial charge in [-0.05, 0) is 37.9 Å². The fourth-order valence-electron chi connectivity index (χ4n) is 5.32. The van der Waals surface area contributed by atoms with Crippen LogP contribution >= 0.6 is 0 Å². The Balaban J connectivity index is 0.000000198. The number of imidazole rings is 2. The maximum absolute atomic E-state index is 12.3. The second-order valence-electron chi connectivity index (χ2n) is 12.4. The van der Waals surface area contributed by atoms with Gasteiger partial charge < -0.3 is 24.7 Å². The Morgan fingerprint density at radius 2 is 1.08 bits per heavy atom. The Morgan fingerprint density at radius 3 is 1.49 bits per heavy atom. The highest BCUT2D eigenvalue weighted by atomic mass is 16.5. The van der Waals surface area contributed by atoms with Gasteiger partial charge in [-0.2, -0.15) is 0 Å². The van der Waals surface area contributed by atoms with E-state index in [0.717, 1.165) is 27.7 Å². The van der Waals surface area contributed by atoms with Crippen LogP contribution in [0.15, 0.2) is 80.4 Å². The quantitative estimate of drug-likeness (QED) is 0.196. The highest BCUT2D eigenvalue weighted by molar-refractivity contribution is 5.75. The minimum absolute atomic E-state index is 0.108. The zero-order valence-electron chi connectivity index (χ0n) is 30.5. The number of aryl methyl sites for hydroxylation is 4. The fraction of sp³-hybridized carbons (Fsp3) is 0.333. The normalized spacial score (nSPS) is 10.8. The fourth-order valence-corrected chi connectivity index (χ4v) is 5.32. The number of carboxylic acids is 1. The number of fused-ring (bicyclic) bond motifs is 2. The van der Waals surface area contributed by atoms with Gasteiger partial charge in [-0.25, -0.2) is 19.6 Å². The second kappa shape index (κ2) is 17.2. The van der Waals surface area contributed by atoms with Crippen molar-refractivity contribution in [2.75, 3.05) is 13.2 Å². The summed E-state index contributed by atoms with van der Waals surface area (Å²) >= 11 is 0. The average molecular weight is 730 g/mol. The van der Waals surface area contributed by atoms with Crippen molar-refractivity contribution in [2.24, 2.45) is 33.9 Å². The molecule has 3 N–H and O–H groups in total. The number of hydrogen-bond acceptors (Lipinski definition) is 10. The molecule has 2 aromatic carbocycles. The van der Waals surface area contributed by atoms with Crippen molar-refractivity contribution >= 4 is 34.3 Å². The summed E-state index contributed by atoms with van der Waals surface area (Å²) in [6.45, 7) is 4.58. The Morgan fingerprint density at radius 1 is 0.660 bits per heavy atom. The first-order valence-electron chi connectivity index (χ1n) is 16.5. The van der Waals surface area contributed by atoms with Crippen LogP contribution in [0.4, 0.5) is 0 Å². The molecule has 53 heavy (non-hydrogen) atoms. The van der Waals surface area contributed by atoms with Crippen LogP contribution in [0.5, 0.6) is 0 Å². The van der Waals surface area contributed by atoms with Gasteiger partial charge in [0.2, 0.25) is 0 Å². The lowest BCUT2D eigenvalue weighted by Crippen LogP contribution is -2.37. The van der Waals surface area contributed by atoms with E-state index in [4.69, 9.17) is 15.6 Å². The van der Waals surface area contributed by atoms with Crippen molar-refractivity contribution in [2.45, 2.75) is 39.8 Å². The summed E-state index contributed by atoms with van der Waals surface area (Å²) in [5.41, 5.74) is 9.01. The van der Waals surface area contributed by atoms with E-state index < -0.39 is 34.4 Å². The zero-order chi connectivity index (χ0) is 39.0. The number of ether oxygens (including phenoxy) is 1. The molecule has 0 atom stereocenters. The maximum atomic E-state index is 12.3. The minimum Gasteiger partial charge on any atom is -0.480 e. The molecule has 17 heteroatoms.